The molecule has 0 bridgehead atoms. The van der Waals surface area contributed by atoms with Crippen LogP contribution < -0.4 is 10.3 Å². The number of esters is 1. The lowest BCUT2D eigenvalue weighted by Crippen LogP contribution is -2.18. The van der Waals surface area contributed by atoms with Crippen molar-refractivity contribution >= 4 is 11.6 Å². The topological polar surface area (TPSA) is 69.9 Å². The highest BCUT2D eigenvalue weighted by Crippen LogP contribution is 2.18. The first-order chi connectivity index (χ1) is 12.0. The number of methoxy groups -OCH3 is 1. The van der Waals surface area contributed by atoms with E-state index in [-0.39, 0.29) is 23.5 Å². The molecule has 0 N–H and O–H groups in total. The van der Waals surface area contributed by atoms with Crippen LogP contribution in [0.1, 0.15) is 21.7 Å². The first-order valence-electron chi connectivity index (χ1n) is 7.48. The average Bonchev–Trinajstić information content (AvgIpc) is 2.59. The lowest BCUT2D eigenvalue weighted by atomic mass is 10.2. The average molecular weight is 342 g/mol. The monoisotopic (exact) mass is 342 g/mol. The van der Waals surface area contributed by atoms with Gasteiger partial charge in [-0.25, -0.2) is 14.2 Å². The van der Waals surface area contributed by atoms with Crippen molar-refractivity contribution in [1.82, 2.24) is 9.38 Å². The number of rotatable bonds is 4. The molecule has 0 spiro atoms. The first kappa shape index (κ1) is 16.6. The Kier molecular flexibility index (Phi) is 4.47. The summed E-state index contributed by atoms with van der Waals surface area (Å²) in [5.74, 6) is -1.33. The van der Waals surface area contributed by atoms with Crippen molar-refractivity contribution in [2.24, 2.45) is 0 Å². The molecule has 0 fully saturated rings. The third kappa shape index (κ3) is 3.35. The van der Waals surface area contributed by atoms with Crippen molar-refractivity contribution in [3.8, 4) is 5.75 Å². The van der Waals surface area contributed by atoms with Crippen LogP contribution in [0.2, 0.25) is 0 Å². The summed E-state index contributed by atoms with van der Waals surface area (Å²) < 4.78 is 25.0. The number of benzene rings is 1. The molecule has 0 aliphatic carbocycles. The van der Waals surface area contributed by atoms with E-state index in [4.69, 9.17) is 9.47 Å². The van der Waals surface area contributed by atoms with E-state index < -0.39 is 11.8 Å². The molecule has 0 aliphatic rings. The number of aryl methyl sites for hydroxylation is 1. The number of pyridine rings is 1. The number of carbonyl (C=O) groups excluding carboxylic acids is 1. The van der Waals surface area contributed by atoms with E-state index in [1.807, 2.05) is 0 Å². The summed E-state index contributed by atoms with van der Waals surface area (Å²) in [6.07, 6.45) is 0. The molecule has 3 aromatic rings. The predicted molar refractivity (Wildman–Crippen MR) is 88.3 cm³/mol. The summed E-state index contributed by atoms with van der Waals surface area (Å²) in [6.45, 7) is 1.61. The number of ether oxygens (including phenoxy) is 2. The number of aromatic nitrogens is 2. The van der Waals surface area contributed by atoms with Gasteiger partial charge in [-0.3, -0.25) is 9.20 Å². The summed E-state index contributed by atoms with van der Waals surface area (Å²) in [4.78, 5) is 28.5. The van der Waals surface area contributed by atoms with Crippen LogP contribution in [0.15, 0.2) is 47.3 Å². The van der Waals surface area contributed by atoms with Gasteiger partial charge in [0.05, 0.1) is 18.4 Å². The minimum atomic E-state index is -0.715. The quantitative estimate of drug-likeness (QED) is 0.682. The molecule has 3 rings (SSSR count). The van der Waals surface area contributed by atoms with Gasteiger partial charge in [0.1, 0.15) is 12.3 Å². The van der Waals surface area contributed by atoms with Gasteiger partial charge in [0.15, 0.2) is 11.6 Å². The number of hydrogen-bond acceptors (Lipinski definition) is 5. The minimum Gasteiger partial charge on any atom is -0.494 e. The summed E-state index contributed by atoms with van der Waals surface area (Å²) in [5.41, 5.74) is 1.33. The van der Waals surface area contributed by atoms with Gasteiger partial charge in [-0.05, 0) is 37.3 Å². The first-order valence-corrected chi connectivity index (χ1v) is 7.48. The standard InChI is InChI=1S/C18H15FN2O4/c1-11-4-3-5-16-20-13(9-17(22)21(11)16)10-25-18(23)12-6-7-15(24-2)14(19)8-12/h3-9H,10H2,1-2H3. The van der Waals surface area contributed by atoms with Crippen LogP contribution in [0.25, 0.3) is 5.65 Å². The van der Waals surface area contributed by atoms with Crippen LogP contribution in [0, 0.1) is 12.7 Å². The van der Waals surface area contributed by atoms with Crippen LogP contribution in [0.5, 0.6) is 5.75 Å². The largest absolute Gasteiger partial charge is 0.494 e. The highest BCUT2D eigenvalue weighted by molar-refractivity contribution is 5.89. The number of fused-ring (bicyclic) bond motifs is 1. The van der Waals surface area contributed by atoms with E-state index in [0.29, 0.717) is 11.3 Å². The Hall–Kier alpha value is -3.22. The summed E-state index contributed by atoms with van der Waals surface area (Å²) in [6, 6.07) is 10.4. The van der Waals surface area contributed by atoms with E-state index in [2.05, 4.69) is 4.98 Å². The van der Waals surface area contributed by atoms with Crippen LogP contribution >= 0.6 is 0 Å². The molecular weight excluding hydrogens is 327 g/mol. The molecule has 0 atom stereocenters. The van der Waals surface area contributed by atoms with Crippen molar-refractivity contribution in [2.75, 3.05) is 7.11 Å². The third-order valence-corrected chi connectivity index (χ3v) is 3.67. The van der Waals surface area contributed by atoms with Gasteiger partial charge in [-0.15, -0.1) is 0 Å². The molecule has 0 radical (unpaired) electrons. The molecule has 128 valence electrons. The Labute approximate surface area is 142 Å². The van der Waals surface area contributed by atoms with E-state index >= 15 is 0 Å². The van der Waals surface area contributed by atoms with Crippen molar-refractivity contribution in [3.63, 3.8) is 0 Å². The Morgan fingerprint density at radius 2 is 2.04 bits per heavy atom. The Balaban J connectivity index is 1.79. The zero-order valence-corrected chi connectivity index (χ0v) is 13.7. The Morgan fingerprint density at radius 3 is 2.76 bits per heavy atom. The molecule has 1 aromatic carbocycles. The van der Waals surface area contributed by atoms with Gasteiger partial charge in [-0.2, -0.15) is 0 Å². The second-order valence-corrected chi connectivity index (χ2v) is 5.37. The van der Waals surface area contributed by atoms with E-state index in [1.54, 1.807) is 25.1 Å². The zero-order valence-electron chi connectivity index (χ0n) is 13.7. The van der Waals surface area contributed by atoms with Gasteiger partial charge in [0, 0.05) is 11.8 Å². The molecule has 0 aliphatic heterocycles. The second-order valence-electron chi connectivity index (χ2n) is 5.37. The molecule has 25 heavy (non-hydrogen) atoms. The van der Waals surface area contributed by atoms with Crippen molar-refractivity contribution < 1.29 is 18.7 Å². The minimum absolute atomic E-state index is 0.0381. The molecule has 7 heteroatoms. The molecule has 0 unspecified atom stereocenters. The summed E-state index contributed by atoms with van der Waals surface area (Å²) in [5, 5.41) is 0. The molecule has 0 amide bonds. The SMILES string of the molecule is COc1ccc(C(=O)OCc2cc(=O)n3c(C)cccc3n2)cc1F. The lowest BCUT2D eigenvalue weighted by molar-refractivity contribution is 0.0467. The maximum absolute atomic E-state index is 13.7. The van der Waals surface area contributed by atoms with Crippen LogP contribution in [-0.2, 0) is 11.3 Å². The van der Waals surface area contributed by atoms with E-state index in [1.165, 1.54) is 29.7 Å². The molecule has 2 aromatic heterocycles. The van der Waals surface area contributed by atoms with Gasteiger partial charge < -0.3 is 9.47 Å². The maximum atomic E-state index is 13.7. The molecule has 6 nitrogen and oxygen atoms in total. The summed E-state index contributed by atoms with van der Waals surface area (Å²) >= 11 is 0. The highest BCUT2D eigenvalue weighted by Gasteiger charge is 2.12. The van der Waals surface area contributed by atoms with Crippen molar-refractivity contribution in [3.05, 3.63) is 75.6 Å². The fraction of sp³-hybridized carbons (Fsp3) is 0.167. The number of carbonyl (C=O) groups is 1. The van der Waals surface area contributed by atoms with E-state index in [0.717, 1.165) is 11.8 Å². The van der Waals surface area contributed by atoms with Gasteiger partial charge in [0.25, 0.3) is 5.56 Å². The van der Waals surface area contributed by atoms with Gasteiger partial charge in [-0.1, -0.05) is 6.07 Å². The van der Waals surface area contributed by atoms with Crippen LogP contribution in [0.4, 0.5) is 4.39 Å². The summed E-state index contributed by atoms with van der Waals surface area (Å²) in [7, 11) is 1.34. The third-order valence-electron chi connectivity index (χ3n) is 3.67. The number of nitrogens with zero attached hydrogens (tertiary/aromatic N) is 2. The Bertz CT molecular complexity index is 1010. The fourth-order valence-corrected chi connectivity index (χ4v) is 2.45. The highest BCUT2D eigenvalue weighted by atomic mass is 19.1. The normalized spacial score (nSPS) is 10.7. The molecule has 0 saturated heterocycles. The molecular formula is C18H15FN2O4. The Morgan fingerprint density at radius 1 is 1.24 bits per heavy atom. The second kappa shape index (κ2) is 6.72. The van der Waals surface area contributed by atoms with Crippen molar-refractivity contribution in [2.45, 2.75) is 13.5 Å². The van der Waals surface area contributed by atoms with Crippen molar-refractivity contribution in [1.29, 1.82) is 0 Å². The van der Waals surface area contributed by atoms with Crippen LogP contribution in [0.3, 0.4) is 0 Å². The van der Waals surface area contributed by atoms with Gasteiger partial charge >= 0.3 is 5.97 Å². The maximum Gasteiger partial charge on any atom is 0.338 e. The smallest absolute Gasteiger partial charge is 0.338 e. The van der Waals surface area contributed by atoms with Gasteiger partial charge in [0.2, 0.25) is 0 Å². The lowest BCUT2D eigenvalue weighted by Gasteiger charge is -2.08. The number of hydrogen-bond donors (Lipinski definition) is 0. The zero-order chi connectivity index (χ0) is 18.0. The van der Waals surface area contributed by atoms with Crippen LogP contribution in [-0.4, -0.2) is 22.5 Å². The van der Waals surface area contributed by atoms with E-state index in [9.17, 15) is 14.0 Å². The predicted octanol–water partition coefficient (Wildman–Crippen LogP) is 2.51. The molecule has 0 saturated carbocycles. The fourth-order valence-electron chi connectivity index (χ4n) is 2.45. The number of halogens is 1. The molecule has 2 heterocycles.